The molecule has 0 saturated heterocycles. The highest BCUT2D eigenvalue weighted by Crippen LogP contribution is 2.31. The third-order valence-electron chi connectivity index (χ3n) is 5.51. The van der Waals surface area contributed by atoms with E-state index < -0.39 is 15.8 Å². The van der Waals surface area contributed by atoms with Crippen molar-refractivity contribution in [3.05, 3.63) is 53.8 Å². The Kier molecular flexibility index (Phi) is 9.34. The number of hydrogen-bond acceptors (Lipinski definition) is 6. The number of thiazole rings is 1. The molecule has 0 bridgehead atoms. The van der Waals surface area contributed by atoms with Crippen LogP contribution in [0.3, 0.4) is 0 Å². The highest BCUT2D eigenvalue weighted by atomic mass is 32.2. The molecule has 3 rings (SSSR count). The van der Waals surface area contributed by atoms with Gasteiger partial charge in [0.05, 0.1) is 9.60 Å². The first-order valence-corrected chi connectivity index (χ1v) is 14.1. The second kappa shape index (κ2) is 12.0. The maximum atomic E-state index is 14.2. The Balaban J connectivity index is 1.91. The van der Waals surface area contributed by atoms with E-state index in [1.54, 1.807) is 17.0 Å². The molecule has 35 heavy (non-hydrogen) atoms. The summed E-state index contributed by atoms with van der Waals surface area (Å²) in [7, 11) is 0.279. The van der Waals surface area contributed by atoms with Crippen LogP contribution in [0.15, 0.2) is 47.4 Å². The van der Waals surface area contributed by atoms with Crippen LogP contribution in [-0.4, -0.2) is 68.8 Å². The van der Waals surface area contributed by atoms with Gasteiger partial charge in [0.1, 0.15) is 11.3 Å². The number of amides is 1. The number of carbonyl (C=O) groups is 1. The molecule has 0 spiro atoms. The fourth-order valence-corrected chi connectivity index (χ4v) is 6.40. The van der Waals surface area contributed by atoms with Crippen LogP contribution in [0.5, 0.6) is 0 Å². The molecule has 1 heterocycles. The number of carbonyl (C=O) groups excluding carboxylic acids is 1. The molecule has 1 amide bonds. The molecule has 0 aliphatic rings. The first-order chi connectivity index (χ1) is 16.7. The van der Waals surface area contributed by atoms with Gasteiger partial charge in [-0.25, -0.2) is 17.8 Å². The summed E-state index contributed by atoms with van der Waals surface area (Å²) >= 11 is 1.26. The van der Waals surface area contributed by atoms with Gasteiger partial charge in [0.15, 0.2) is 5.13 Å². The number of fused-ring (bicyclic) bond motifs is 1. The van der Waals surface area contributed by atoms with Gasteiger partial charge in [-0.15, -0.1) is 0 Å². The van der Waals surface area contributed by atoms with E-state index in [9.17, 15) is 17.6 Å². The zero-order valence-electron chi connectivity index (χ0n) is 20.7. The van der Waals surface area contributed by atoms with Crippen molar-refractivity contribution in [1.29, 1.82) is 0 Å². The Morgan fingerprint density at radius 3 is 2.20 bits per heavy atom. The minimum Gasteiger partial charge on any atom is -0.309 e. The molecule has 0 fully saturated rings. The van der Waals surface area contributed by atoms with Crippen molar-refractivity contribution >= 4 is 42.6 Å². The maximum absolute atomic E-state index is 14.2. The average Bonchev–Trinajstić information content (AvgIpc) is 3.26. The van der Waals surface area contributed by atoms with Gasteiger partial charge in [0.25, 0.3) is 5.91 Å². The van der Waals surface area contributed by atoms with Gasteiger partial charge in [-0.05, 0) is 76.3 Å². The van der Waals surface area contributed by atoms with Crippen LogP contribution < -0.4 is 4.90 Å². The molecule has 0 aliphatic carbocycles. The van der Waals surface area contributed by atoms with Crippen LogP contribution in [0.25, 0.3) is 10.2 Å². The van der Waals surface area contributed by atoms with Crippen LogP contribution in [0.4, 0.5) is 9.52 Å². The Labute approximate surface area is 211 Å². The number of aromatic nitrogens is 1. The Bertz CT molecular complexity index is 1240. The van der Waals surface area contributed by atoms with Gasteiger partial charge in [-0.1, -0.05) is 31.3 Å². The van der Waals surface area contributed by atoms with E-state index in [0.29, 0.717) is 41.5 Å². The minimum atomic E-state index is -3.64. The molecule has 0 saturated carbocycles. The standard InChI is InChI=1S/C25H33FN4O3S2/c1-5-15-29(16-6-2)35(32,33)20-13-11-19(12-14-20)24(31)30(18-8-17-28(3)4)25-27-23-21(26)9-7-10-22(23)34-25/h7,9-14H,5-6,8,15-18H2,1-4H3. The number of anilines is 1. The van der Waals surface area contributed by atoms with E-state index in [1.807, 2.05) is 32.8 Å². The first-order valence-electron chi connectivity index (χ1n) is 11.8. The second-order valence-corrected chi connectivity index (χ2v) is 11.6. The summed E-state index contributed by atoms with van der Waals surface area (Å²) in [4.78, 5) is 21.7. The van der Waals surface area contributed by atoms with E-state index in [2.05, 4.69) is 4.98 Å². The average molecular weight is 521 g/mol. The van der Waals surface area contributed by atoms with Crippen LogP contribution in [0, 0.1) is 5.82 Å². The monoisotopic (exact) mass is 520 g/mol. The molecule has 0 aliphatic heterocycles. The number of halogens is 1. The fraction of sp³-hybridized carbons (Fsp3) is 0.440. The summed E-state index contributed by atoms with van der Waals surface area (Å²) in [6.45, 7) is 5.96. The summed E-state index contributed by atoms with van der Waals surface area (Å²) in [5, 5.41) is 0.419. The number of sulfonamides is 1. The smallest absolute Gasteiger partial charge is 0.260 e. The topological polar surface area (TPSA) is 73.8 Å². The number of para-hydroxylation sites is 1. The number of nitrogens with zero attached hydrogens (tertiary/aromatic N) is 4. The van der Waals surface area contributed by atoms with Gasteiger partial charge < -0.3 is 4.90 Å². The van der Waals surface area contributed by atoms with Crippen molar-refractivity contribution < 1.29 is 17.6 Å². The molecular weight excluding hydrogens is 487 g/mol. The highest BCUT2D eigenvalue weighted by molar-refractivity contribution is 7.89. The SMILES string of the molecule is CCCN(CCC)S(=O)(=O)c1ccc(C(=O)N(CCCN(C)C)c2nc3c(F)cccc3s2)cc1. The van der Waals surface area contributed by atoms with Crippen molar-refractivity contribution in [2.24, 2.45) is 0 Å². The highest BCUT2D eigenvalue weighted by Gasteiger charge is 2.25. The zero-order chi connectivity index (χ0) is 25.6. The molecule has 3 aromatic rings. The van der Waals surface area contributed by atoms with E-state index in [1.165, 1.54) is 46.0 Å². The molecule has 0 unspecified atom stereocenters. The van der Waals surface area contributed by atoms with E-state index in [4.69, 9.17) is 0 Å². The molecule has 7 nitrogen and oxygen atoms in total. The van der Waals surface area contributed by atoms with Crippen LogP contribution in [0.1, 0.15) is 43.5 Å². The van der Waals surface area contributed by atoms with Crippen molar-refractivity contribution in [2.45, 2.75) is 38.0 Å². The second-order valence-electron chi connectivity index (χ2n) is 8.63. The normalized spacial score (nSPS) is 12.1. The van der Waals surface area contributed by atoms with Gasteiger partial charge in [0, 0.05) is 25.2 Å². The van der Waals surface area contributed by atoms with Gasteiger partial charge in [-0.3, -0.25) is 9.69 Å². The van der Waals surface area contributed by atoms with E-state index in [-0.39, 0.29) is 16.3 Å². The minimum absolute atomic E-state index is 0.164. The van der Waals surface area contributed by atoms with Crippen LogP contribution in [0.2, 0.25) is 0 Å². The fourth-order valence-electron chi connectivity index (χ4n) is 3.77. The van der Waals surface area contributed by atoms with Crippen LogP contribution >= 0.6 is 11.3 Å². The molecule has 2 aromatic carbocycles. The summed E-state index contributed by atoms with van der Waals surface area (Å²) < 4.78 is 42.5. The van der Waals surface area contributed by atoms with E-state index in [0.717, 1.165) is 19.4 Å². The van der Waals surface area contributed by atoms with Gasteiger partial charge >= 0.3 is 0 Å². The van der Waals surface area contributed by atoms with Gasteiger partial charge in [0.2, 0.25) is 10.0 Å². The maximum Gasteiger partial charge on any atom is 0.260 e. The Morgan fingerprint density at radius 1 is 0.971 bits per heavy atom. The Morgan fingerprint density at radius 2 is 1.63 bits per heavy atom. The third-order valence-corrected chi connectivity index (χ3v) is 8.46. The lowest BCUT2D eigenvalue weighted by molar-refractivity contribution is 0.0986. The summed E-state index contributed by atoms with van der Waals surface area (Å²) in [5.41, 5.74) is 0.595. The first kappa shape index (κ1) is 27.2. The lowest BCUT2D eigenvalue weighted by Crippen LogP contribution is -2.34. The van der Waals surface area contributed by atoms with E-state index >= 15 is 0 Å². The largest absolute Gasteiger partial charge is 0.309 e. The molecule has 10 heteroatoms. The Hall–Kier alpha value is -2.40. The van der Waals surface area contributed by atoms with Gasteiger partial charge in [-0.2, -0.15) is 4.31 Å². The summed E-state index contributed by atoms with van der Waals surface area (Å²) in [5.74, 6) is -0.727. The van der Waals surface area contributed by atoms with Crippen molar-refractivity contribution in [3.8, 4) is 0 Å². The number of benzene rings is 2. The number of rotatable bonds is 12. The quantitative estimate of drug-likeness (QED) is 0.342. The molecule has 0 atom stereocenters. The van der Waals surface area contributed by atoms with Crippen LogP contribution in [-0.2, 0) is 10.0 Å². The zero-order valence-corrected chi connectivity index (χ0v) is 22.3. The van der Waals surface area contributed by atoms with Crippen molar-refractivity contribution in [3.63, 3.8) is 0 Å². The third kappa shape index (κ3) is 6.43. The molecule has 0 radical (unpaired) electrons. The lowest BCUT2D eigenvalue weighted by Gasteiger charge is -2.22. The summed E-state index contributed by atoms with van der Waals surface area (Å²) in [6, 6.07) is 10.8. The van der Waals surface area contributed by atoms with Crippen molar-refractivity contribution in [1.82, 2.24) is 14.2 Å². The lowest BCUT2D eigenvalue weighted by atomic mass is 10.2. The molecule has 0 N–H and O–H groups in total. The van der Waals surface area contributed by atoms with Crippen molar-refractivity contribution in [2.75, 3.05) is 45.2 Å². The predicted octanol–water partition coefficient (Wildman–Crippen LogP) is 4.84. The predicted molar refractivity (Wildman–Crippen MR) is 140 cm³/mol. The number of hydrogen-bond donors (Lipinski definition) is 0. The molecular formula is C25H33FN4O3S2. The molecule has 190 valence electrons. The molecule has 1 aromatic heterocycles. The summed E-state index contributed by atoms with van der Waals surface area (Å²) in [6.07, 6.45) is 2.15.